The van der Waals surface area contributed by atoms with Gasteiger partial charge in [-0.3, -0.25) is 14.5 Å². The lowest BCUT2D eigenvalue weighted by Crippen LogP contribution is -2.47. The van der Waals surface area contributed by atoms with Crippen molar-refractivity contribution in [1.29, 1.82) is 0 Å². The first-order valence-electron chi connectivity index (χ1n) is 10.3. The van der Waals surface area contributed by atoms with Crippen LogP contribution in [0.3, 0.4) is 0 Å². The number of likely N-dealkylation sites (N-methyl/N-ethyl adjacent to an activating group) is 1. The summed E-state index contributed by atoms with van der Waals surface area (Å²) in [6.45, 7) is 3.75. The van der Waals surface area contributed by atoms with Crippen LogP contribution in [-0.4, -0.2) is 46.8 Å². The molecule has 0 radical (unpaired) electrons. The molecule has 2 aliphatic heterocycles. The van der Waals surface area contributed by atoms with Gasteiger partial charge in [-0.05, 0) is 43.7 Å². The molecule has 0 aliphatic carbocycles. The van der Waals surface area contributed by atoms with Crippen LogP contribution < -0.4 is 10.6 Å². The SMILES string of the molecule is CCN1C(=O)NC(c2ccc(Cl)cc2Cl)C2=C1CN(C(C)C(=O)Nc1ccccc1F)C2=O. The molecule has 4 rings (SSSR count). The highest BCUT2D eigenvalue weighted by Gasteiger charge is 2.46. The molecule has 0 aromatic heterocycles. The van der Waals surface area contributed by atoms with Gasteiger partial charge in [-0.25, -0.2) is 9.18 Å². The quantitative estimate of drug-likeness (QED) is 0.653. The van der Waals surface area contributed by atoms with E-state index in [9.17, 15) is 18.8 Å². The van der Waals surface area contributed by atoms with E-state index in [1.54, 1.807) is 38.1 Å². The minimum absolute atomic E-state index is 0.0246. The molecule has 2 aromatic rings. The summed E-state index contributed by atoms with van der Waals surface area (Å²) < 4.78 is 14.0. The Labute approximate surface area is 200 Å². The third-order valence-electron chi connectivity index (χ3n) is 5.82. The highest BCUT2D eigenvalue weighted by atomic mass is 35.5. The van der Waals surface area contributed by atoms with Crippen molar-refractivity contribution in [3.05, 3.63) is 75.2 Å². The Hall–Kier alpha value is -3.10. The molecule has 10 heteroatoms. The van der Waals surface area contributed by atoms with Gasteiger partial charge >= 0.3 is 6.03 Å². The average molecular weight is 491 g/mol. The predicted octanol–water partition coefficient (Wildman–Crippen LogP) is 4.34. The van der Waals surface area contributed by atoms with Crippen molar-refractivity contribution >= 4 is 46.7 Å². The first-order chi connectivity index (χ1) is 15.7. The van der Waals surface area contributed by atoms with E-state index in [1.165, 1.54) is 28.0 Å². The molecule has 0 saturated heterocycles. The standard InChI is InChI=1S/C23H21Cl2FN4O3/c1-3-29-18-11-30(12(2)21(31)27-17-7-5-4-6-16(17)26)22(32)19(18)20(28-23(29)33)14-9-8-13(24)10-15(14)25/h4-10,12,20H,3,11H2,1-2H3,(H,27,31)(H,28,33). The number of para-hydroxylation sites is 1. The number of halogens is 3. The van der Waals surface area contributed by atoms with Crippen LogP contribution in [0, 0.1) is 5.82 Å². The molecule has 2 atom stereocenters. The topological polar surface area (TPSA) is 81.8 Å². The normalized spacial score (nSPS) is 18.9. The van der Waals surface area contributed by atoms with Gasteiger partial charge in [-0.1, -0.05) is 41.4 Å². The van der Waals surface area contributed by atoms with E-state index in [-0.39, 0.29) is 18.3 Å². The smallest absolute Gasteiger partial charge is 0.322 e. The van der Waals surface area contributed by atoms with E-state index in [4.69, 9.17) is 23.2 Å². The van der Waals surface area contributed by atoms with Gasteiger partial charge in [0.1, 0.15) is 11.9 Å². The molecule has 2 unspecified atom stereocenters. The van der Waals surface area contributed by atoms with Crippen LogP contribution >= 0.6 is 23.2 Å². The van der Waals surface area contributed by atoms with Gasteiger partial charge in [0.2, 0.25) is 5.91 Å². The van der Waals surface area contributed by atoms with Crippen molar-refractivity contribution in [2.75, 3.05) is 18.4 Å². The highest BCUT2D eigenvalue weighted by molar-refractivity contribution is 6.35. The second kappa shape index (κ2) is 9.03. The van der Waals surface area contributed by atoms with Crippen LogP contribution in [-0.2, 0) is 9.59 Å². The summed E-state index contributed by atoms with van der Waals surface area (Å²) in [7, 11) is 0. The number of hydrogen-bond donors (Lipinski definition) is 2. The summed E-state index contributed by atoms with van der Waals surface area (Å²) in [6.07, 6.45) is 0. The molecule has 0 bridgehead atoms. The van der Waals surface area contributed by atoms with Crippen molar-refractivity contribution in [2.45, 2.75) is 25.9 Å². The minimum Gasteiger partial charge on any atom is -0.326 e. The van der Waals surface area contributed by atoms with Gasteiger partial charge in [-0.2, -0.15) is 0 Å². The number of nitrogens with zero attached hydrogens (tertiary/aromatic N) is 2. The summed E-state index contributed by atoms with van der Waals surface area (Å²) in [5.74, 6) is -1.53. The van der Waals surface area contributed by atoms with Crippen LogP contribution in [0.4, 0.5) is 14.9 Å². The molecule has 2 heterocycles. The Kier molecular flexibility index (Phi) is 6.32. The molecular weight excluding hydrogens is 470 g/mol. The fourth-order valence-corrected chi connectivity index (χ4v) is 4.59. The van der Waals surface area contributed by atoms with Gasteiger partial charge in [-0.15, -0.1) is 0 Å². The zero-order valence-corrected chi connectivity index (χ0v) is 19.4. The van der Waals surface area contributed by atoms with Gasteiger partial charge in [0.05, 0.1) is 29.5 Å². The van der Waals surface area contributed by atoms with E-state index in [2.05, 4.69) is 10.6 Å². The maximum absolute atomic E-state index is 14.0. The van der Waals surface area contributed by atoms with E-state index in [1.807, 2.05) is 0 Å². The minimum atomic E-state index is -0.919. The maximum atomic E-state index is 14.0. The number of hydrogen-bond acceptors (Lipinski definition) is 3. The lowest BCUT2D eigenvalue weighted by Gasteiger charge is -2.33. The molecule has 33 heavy (non-hydrogen) atoms. The van der Waals surface area contributed by atoms with Crippen molar-refractivity contribution < 1.29 is 18.8 Å². The van der Waals surface area contributed by atoms with Crippen molar-refractivity contribution in [3.8, 4) is 0 Å². The molecule has 2 aromatic carbocycles. The Morgan fingerprint density at radius 2 is 1.97 bits per heavy atom. The third-order valence-corrected chi connectivity index (χ3v) is 6.38. The van der Waals surface area contributed by atoms with Crippen molar-refractivity contribution in [2.24, 2.45) is 0 Å². The van der Waals surface area contributed by atoms with Gasteiger partial charge < -0.3 is 15.5 Å². The predicted molar refractivity (Wildman–Crippen MR) is 123 cm³/mol. The summed E-state index contributed by atoms with van der Waals surface area (Å²) in [5.41, 5.74) is 1.40. The zero-order valence-electron chi connectivity index (χ0n) is 17.9. The van der Waals surface area contributed by atoms with E-state index in [0.717, 1.165) is 0 Å². The van der Waals surface area contributed by atoms with Crippen LogP contribution in [0.25, 0.3) is 0 Å². The number of nitrogens with one attached hydrogen (secondary N) is 2. The number of benzene rings is 2. The zero-order chi connectivity index (χ0) is 23.9. The number of carbonyl (C=O) groups is 3. The van der Waals surface area contributed by atoms with Gasteiger partial charge in [0, 0.05) is 16.6 Å². The molecule has 0 fully saturated rings. The summed E-state index contributed by atoms with van der Waals surface area (Å²) >= 11 is 12.4. The summed E-state index contributed by atoms with van der Waals surface area (Å²) in [6, 6.07) is 8.53. The van der Waals surface area contributed by atoms with E-state index >= 15 is 0 Å². The Bertz CT molecular complexity index is 1190. The third kappa shape index (κ3) is 4.16. The van der Waals surface area contributed by atoms with Gasteiger partial charge in [0.15, 0.2) is 0 Å². The lowest BCUT2D eigenvalue weighted by molar-refractivity contribution is -0.133. The van der Waals surface area contributed by atoms with Crippen LogP contribution in [0.2, 0.25) is 10.0 Å². The summed E-state index contributed by atoms with van der Waals surface area (Å²) in [4.78, 5) is 42.0. The first kappa shape index (κ1) is 23.1. The molecule has 2 N–H and O–H groups in total. The Morgan fingerprint density at radius 1 is 1.24 bits per heavy atom. The molecule has 0 spiro atoms. The Balaban J connectivity index is 1.65. The molecule has 0 saturated carbocycles. The molecular formula is C23H21Cl2FN4O3. The lowest BCUT2D eigenvalue weighted by atomic mass is 9.95. The molecule has 7 nitrogen and oxygen atoms in total. The molecule has 4 amide bonds. The number of urea groups is 1. The number of anilines is 1. The fourth-order valence-electron chi connectivity index (χ4n) is 4.07. The second-order valence-electron chi connectivity index (χ2n) is 7.73. The molecule has 2 aliphatic rings. The first-order valence-corrected chi connectivity index (χ1v) is 11.1. The summed E-state index contributed by atoms with van der Waals surface area (Å²) in [5, 5.41) is 6.09. The van der Waals surface area contributed by atoms with Crippen LogP contribution in [0.15, 0.2) is 53.7 Å². The average Bonchev–Trinajstić information content (AvgIpc) is 3.11. The van der Waals surface area contributed by atoms with Crippen LogP contribution in [0.1, 0.15) is 25.5 Å². The highest BCUT2D eigenvalue weighted by Crippen LogP contribution is 2.39. The fraction of sp³-hybridized carbons (Fsp3) is 0.261. The number of amides is 4. The largest absolute Gasteiger partial charge is 0.326 e. The van der Waals surface area contributed by atoms with E-state index in [0.29, 0.717) is 33.4 Å². The second-order valence-corrected chi connectivity index (χ2v) is 8.57. The van der Waals surface area contributed by atoms with Crippen molar-refractivity contribution in [1.82, 2.24) is 15.1 Å². The molecule has 172 valence electrons. The monoisotopic (exact) mass is 490 g/mol. The number of rotatable bonds is 5. The maximum Gasteiger partial charge on any atom is 0.322 e. The number of carbonyl (C=O) groups excluding carboxylic acids is 3. The van der Waals surface area contributed by atoms with E-state index < -0.39 is 29.7 Å². The van der Waals surface area contributed by atoms with Gasteiger partial charge in [0.25, 0.3) is 5.91 Å². The van der Waals surface area contributed by atoms with Crippen molar-refractivity contribution in [3.63, 3.8) is 0 Å². The van der Waals surface area contributed by atoms with Crippen LogP contribution in [0.5, 0.6) is 0 Å². The Morgan fingerprint density at radius 3 is 2.64 bits per heavy atom.